The average Bonchev–Trinajstić information content (AvgIpc) is 3.04. The summed E-state index contributed by atoms with van der Waals surface area (Å²) in [6.07, 6.45) is 5.71. The maximum atomic E-state index is 13.2. The average molecular weight is 288 g/mol. The highest BCUT2D eigenvalue weighted by Crippen LogP contribution is 2.39. The van der Waals surface area contributed by atoms with Crippen LogP contribution in [0.4, 0.5) is 4.39 Å². The molecule has 1 aliphatic rings. The number of fused-ring (bicyclic) bond motifs is 2. The Labute approximate surface area is 119 Å². The van der Waals surface area contributed by atoms with E-state index in [9.17, 15) is 9.50 Å². The van der Waals surface area contributed by atoms with Gasteiger partial charge in [-0.15, -0.1) is 11.3 Å². The Morgan fingerprint density at radius 3 is 3.20 bits per heavy atom. The number of hydrogen-bond acceptors (Lipinski definition) is 3. The lowest BCUT2D eigenvalue weighted by atomic mass is 9.91. The third kappa shape index (κ3) is 1.77. The Morgan fingerprint density at radius 1 is 1.45 bits per heavy atom. The fraction of sp³-hybridized carbons (Fsp3) is 0.267. The summed E-state index contributed by atoms with van der Waals surface area (Å²) in [4.78, 5) is 5.45. The van der Waals surface area contributed by atoms with E-state index >= 15 is 0 Å². The van der Waals surface area contributed by atoms with Crippen molar-refractivity contribution >= 4 is 16.3 Å². The maximum Gasteiger partial charge on any atom is 0.193 e. The molecule has 1 unspecified atom stereocenters. The van der Waals surface area contributed by atoms with E-state index in [1.807, 2.05) is 22.2 Å². The molecule has 1 N–H and O–H groups in total. The summed E-state index contributed by atoms with van der Waals surface area (Å²) in [5, 5.41) is 12.9. The molecular formula is C15H13FN2OS. The molecule has 0 amide bonds. The van der Waals surface area contributed by atoms with Crippen molar-refractivity contribution < 1.29 is 9.50 Å². The summed E-state index contributed by atoms with van der Waals surface area (Å²) in [7, 11) is 0. The van der Waals surface area contributed by atoms with E-state index in [2.05, 4.69) is 4.98 Å². The zero-order valence-corrected chi connectivity index (χ0v) is 11.5. The van der Waals surface area contributed by atoms with E-state index in [-0.39, 0.29) is 5.82 Å². The van der Waals surface area contributed by atoms with Gasteiger partial charge >= 0.3 is 0 Å². The Morgan fingerprint density at radius 2 is 2.35 bits per heavy atom. The van der Waals surface area contributed by atoms with Crippen LogP contribution in [0.15, 0.2) is 36.0 Å². The number of hydrogen-bond donors (Lipinski definition) is 1. The molecule has 2 heterocycles. The number of thiazole rings is 1. The minimum Gasteiger partial charge on any atom is -0.385 e. The Kier molecular flexibility index (Phi) is 2.49. The van der Waals surface area contributed by atoms with Crippen molar-refractivity contribution in [1.29, 1.82) is 0 Å². The Hall–Kier alpha value is -1.72. The molecule has 0 bridgehead atoms. The quantitative estimate of drug-likeness (QED) is 0.787. The zero-order valence-electron chi connectivity index (χ0n) is 10.7. The Bertz CT molecular complexity index is 766. The molecule has 20 heavy (non-hydrogen) atoms. The molecule has 0 aliphatic heterocycles. The Balaban J connectivity index is 1.70. The number of benzene rings is 1. The van der Waals surface area contributed by atoms with Crippen LogP contribution in [0.2, 0.25) is 0 Å². The van der Waals surface area contributed by atoms with E-state index in [0.29, 0.717) is 19.3 Å². The van der Waals surface area contributed by atoms with Crippen LogP contribution in [0.5, 0.6) is 0 Å². The van der Waals surface area contributed by atoms with Crippen molar-refractivity contribution in [3.63, 3.8) is 0 Å². The lowest BCUT2D eigenvalue weighted by molar-refractivity contribution is 0.0381. The predicted molar refractivity (Wildman–Crippen MR) is 75.4 cm³/mol. The molecule has 5 heteroatoms. The molecule has 0 saturated carbocycles. The highest BCUT2D eigenvalue weighted by atomic mass is 32.1. The molecule has 1 aliphatic carbocycles. The summed E-state index contributed by atoms with van der Waals surface area (Å²) in [6.45, 7) is 0. The summed E-state index contributed by atoms with van der Waals surface area (Å²) in [5.74, 6) is -0.240. The van der Waals surface area contributed by atoms with Gasteiger partial charge in [0.25, 0.3) is 0 Å². The van der Waals surface area contributed by atoms with Gasteiger partial charge in [0.2, 0.25) is 0 Å². The molecule has 1 aromatic carbocycles. The van der Waals surface area contributed by atoms with Crippen LogP contribution in [0.25, 0.3) is 4.96 Å². The number of nitrogens with zero attached hydrogens (tertiary/aromatic N) is 2. The van der Waals surface area contributed by atoms with Crippen LogP contribution in [0.1, 0.15) is 23.2 Å². The van der Waals surface area contributed by atoms with Crippen molar-refractivity contribution in [1.82, 2.24) is 9.38 Å². The van der Waals surface area contributed by atoms with Crippen LogP contribution in [-0.2, 0) is 18.4 Å². The summed E-state index contributed by atoms with van der Waals surface area (Å²) >= 11 is 1.57. The van der Waals surface area contributed by atoms with Gasteiger partial charge < -0.3 is 5.11 Å². The number of rotatable bonds is 2. The zero-order chi connectivity index (χ0) is 13.7. The van der Waals surface area contributed by atoms with E-state index in [1.165, 1.54) is 12.1 Å². The van der Waals surface area contributed by atoms with Gasteiger partial charge in [0.05, 0.1) is 11.3 Å². The van der Waals surface area contributed by atoms with E-state index in [4.69, 9.17) is 0 Å². The molecule has 3 nitrogen and oxygen atoms in total. The van der Waals surface area contributed by atoms with Crippen molar-refractivity contribution in [3.05, 3.63) is 58.6 Å². The van der Waals surface area contributed by atoms with E-state index < -0.39 is 5.60 Å². The number of halogens is 1. The van der Waals surface area contributed by atoms with Gasteiger partial charge in [-0.05, 0) is 36.1 Å². The second-order valence-corrected chi connectivity index (χ2v) is 6.21. The third-order valence-corrected chi connectivity index (χ3v) is 4.76. The van der Waals surface area contributed by atoms with Crippen molar-refractivity contribution in [2.45, 2.75) is 24.9 Å². The highest BCUT2D eigenvalue weighted by molar-refractivity contribution is 7.15. The van der Waals surface area contributed by atoms with Crippen molar-refractivity contribution in [2.75, 3.05) is 0 Å². The lowest BCUT2D eigenvalue weighted by Crippen LogP contribution is -2.25. The van der Waals surface area contributed by atoms with Crippen molar-refractivity contribution in [3.8, 4) is 0 Å². The fourth-order valence-electron chi connectivity index (χ4n) is 3.04. The van der Waals surface area contributed by atoms with Crippen molar-refractivity contribution in [2.24, 2.45) is 0 Å². The highest BCUT2D eigenvalue weighted by Gasteiger charge is 2.37. The minimum absolute atomic E-state index is 0.240. The molecule has 102 valence electrons. The van der Waals surface area contributed by atoms with Gasteiger partial charge in [-0.2, -0.15) is 0 Å². The van der Waals surface area contributed by atoms with E-state index in [0.717, 1.165) is 21.8 Å². The van der Waals surface area contributed by atoms with Gasteiger partial charge in [-0.25, -0.2) is 9.37 Å². The smallest absolute Gasteiger partial charge is 0.193 e. The van der Waals surface area contributed by atoms with Gasteiger partial charge in [0.1, 0.15) is 5.82 Å². The summed E-state index contributed by atoms with van der Waals surface area (Å²) < 4.78 is 15.2. The van der Waals surface area contributed by atoms with Crippen LogP contribution in [0, 0.1) is 5.82 Å². The monoisotopic (exact) mass is 288 g/mol. The standard InChI is InChI=1S/C15H13FN2OS/c16-11-1-2-13-10(7-11)3-4-15(13,19)8-12-9-18-5-6-20-14(18)17-12/h1-2,5-7,9,19H,3-4,8H2. The number of imidazole rings is 1. The van der Waals surface area contributed by atoms with Crippen LogP contribution >= 0.6 is 11.3 Å². The molecule has 0 radical (unpaired) electrons. The van der Waals surface area contributed by atoms with Crippen LogP contribution < -0.4 is 0 Å². The first-order chi connectivity index (χ1) is 9.64. The first-order valence-electron chi connectivity index (χ1n) is 6.56. The SMILES string of the molecule is OC1(Cc2cn3ccsc3n2)CCc2cc(F)ccc21. The maximum absolute atomic E-state index is 13.2. The number of aromatic nitrogens is 2. The second-order valence-electron chi connectivity index (χ2n) is 5.33. The first-order valence-corrected chi connectivity index (χ1v) is 7.44. The molecule has 1 atom stereocenters. The van der Waals surface area contributed by atoms with Gasteiger partial charge in [-0.1, -0.05) is 6.07 Å². The molecule has 0 saturated heterocycles. The van der Waals surface area contributed by atoms with Gasteiger partial charge in [-0.3, -0.25) is 4.40 Å². The third-order valence-electron chi connectivity index (χ3n) is 3.99. The predicted octanol–water partition coefficient (Wildman–Crippen LogP) is 2.91. The van der Waals surface area contributed by atoms with Gasteiger partial charge in [0, 0.05) is 24.2 Å². The van der Waals surface area contributed by atoms with Crippen LogP contribution in [0.3, 0.4) is 0 Å². The topological polar surface area (TPSA) is 37.5 Å². The molecule has 0 spiro atoms. The van der Waals surface area contributed by atoms with E-state index in [1.54, 1.807) is 17.4 Å². The van der Waals surface area contributed by atoms with Gasteiger partial charge in [0.15, 0.2) is 4.96 Å². The second kappa shape index (κ2) is 4.14. The normalized spacial score (nSPS) is 21.5. The molecule has 4 rings (SSSR count). The number of aliphatic hydroxyl groups is 1. The molecule has 3 aromatic rings. The molecule has 0 fully saturated rings. The minimum atomic E-state index is -0.924. The fourth-order valence-corrected chi connectivity index (χ4v) is 3.76. The summed E-state index contributed by atoms with van der Waals surface area (Å²) in [5.41, 5.74) is 1.70. The number of aryl methyl sites for hydroxylation is 1. The summed E-state index contributed by atoms with van der Waals surface area (Å²) in [6, 6.07) is 4.65. The molecule has 2 aromatic heterocycles. The van der Waals surface area contributed by atoms with Crippen LogP contribution in [-0.4, -0.2) is 14.5 Å². The molecular weight excluding hydrogens is 275 g/mol. The largest absolute Gasteiger partial charge is 0.385 e. The first kappa shape index (κ1) is 12.1. The lowest BCUT2D eigenvalue weighted by Gasteiger charge is -2.22.